The van der Waals surface area contributed by atoms with Crippen molar-refractivity contribution in [3.05, 3.63) is 185 Å². The molecule has 1 aromatic heterocycles. The van der Waals surface area contributed by atoms with Crippen LogP contribution in [0, 0.1) is 5.92 Å². The molecule has 5 heterocycles. The summed E-state index contributed by atoms with van der Waals surface area (Å²) in [6, 6.07) is 46.6. The molecule has 338 valence electrons. The molecular formula is C55H48N6O6Si. The molecule has 1 fully saturated rings. The highest BCUT2D eigenvalue weighted by Crippen LogP contribution is 2.61. The molecule has 0 radical (unpaired) electrons. The standard InChI is InChI=1S/C55H48N6O6Si/c1-33-51(68(2,3)66)48(27-28-58-31-44(56-57-58)42(32-62)35-11-5-4-6-12-35)67-55(33)43-29-39(61-47-20-10-16-37-14-8-18-41(50(37)47)53(61)64)25-26-45(43)59(54(55)65)30-34-21-23-38(24-22-34)60-46-19-9-15-36-13-7-17-40(49(36)46)52(60)63/h4-26,29,31,33,42,48,51,62,66H,27-28,30,32H2,1-3H3/t33-,42?,48+,51-,55+/m1/s1. The summed E-state index contributed by atoms with van der Waals surface area (Å²) in [5.74, 6) is -1.27. The molecule has 0 aliphatic carbocycles. The van der Waals surface area contributed by atoms with E-state index in [-0.39, 0.29) is 42.3 Å². The summed E-state index contributed by atoms with van der Waals surface area (Å²) in [6.07, 6.45) is 1.74. The second-order valence-corrected chi connectivity index (χ2v) is 23.1. The van der Waals surface area contributed by atoms with E-state index < -0.39 is 25.9 Å². The van der Waals surface area contributed by atoms with E-state index in [0.717, 1.165) is 49.7 Å². The first-order valence-electron chi connectivity index (χ1n) is 23.2. The molecule has 0 saturated carbocycles. The summed E-state index contributed by atoms with van der Waals surface area (Å²) >= 11 is 0. The number of ether oxygens (including phenoxy) is 1. The Morgan fingerprint density at radius 2 is 1.32 bits per heavy atom. The number of hydrogen-bond acceptors (Lipinski definition) is 8. The van der Waals surface area contributed by atoms with Gasteiger partial charge in [0.2, 0.25) is 0 Å². The maximum Gasteiger partial charge on any atom is 0.264 e. The van der Waals surface area contributed by atoms with E-state index in [1.54, 1.807) is 19.4 Å². The number of aromatic nitrogens is 3. The van der Waals surface area contributed by atoms with E-state index in [0.29, 0.717) is 46.7 Å². The van der Waals surface area contributed by atoms with Crippen LogP contribution in [0.3, 0.4) is 0 Å². The maximum atomic E-state index is 15.7. The van der Waals surface area contributed by atoms with Gasteiger partial charge in [0.05, 0.1) is 59.1 Å². The first-order chi connectivity index (χ1) is 33.0. The van der Waals surface area contributed by atoms with Crippen LogP contribution in [0.25, 0.3) is 21.5 Å². The topological polar surface area (TPSA) is 141 Å². The van der Waals surface area contributed by atoms with Crippen molar-refractivity contribution >= 4 is 76.0 Å². The summed E-state index contributed by atoms with van der Waals surface area (Å²) in [5.41, 5.74) is 6.13. The van der Waals surface area contributed by atoms with Gasteiger partial charge in [-0.3, -0.25) is 28.9 Å². The smallest absolute Gasteiger partial charge is 0.264 e. The molecule has 68 heavy (non-hydrogen) atoms. The van der Waals surface area contributed by atoms with E-state index >= 15 is 4.79 Å². The molecule has 1 unspecified atom stereocenters. The molecule has 5 atom stereocenters. The van der Waals surface area contributed by atoms with Gasteiger partial charge in [0.15, 0.2) is 13.9 Å². The van der Waals surface area contributed by atoms with Crippen molar-refractivity contribution in [1.29, 1.82) is 0 Å². The van der Waals surface area contributed by atoms with Crippen LogP contribution in [-0.2, 0) is 28.2 Å². The quantitative estimate of drug-likeness (QED) is 0.122. The third-order valence-electron chi connectivity index (χ3n) is 14.8. The SMILES string of the molecule is C[C@@H]1[C@@H]([Si](C)(C)O)[C@H](CCn2cc(C(CO)c3ccccc3)nn2)O[C@@]12C(=O)N(Cc1ccc(N3C(=O)c4cccc5cccc3c45)cc1)c1ccc(N3C(=O)c4cccc5cccc3c45)cc12. The number of anilines is 5. The molecule has 13 heteroatoms. The Labute approximate surface area is 393 Å². The van der Waals surface area contributed by atoms with Crippen LogP contribution >= 0.6 is 0 Å². The van der Waals surface area contributed by atoms with Crippen LogP contribution in [0.5, 0.6) is 0 Å². The van der Waals surface area contributed by atoms with Gasteiger partial charge in [-0.25, -0.2) is 0 Å². The number of aliphatic hydroxyl groups excluding tert-OH is 1. The number of rotatable bonds is 11. The average Bonchev–Trinajstić information content (AvgIpc) is 4.13. The van der Waals surface area contributed by atoms with Crippen LogP contribution in [0.4, 0.5) is 28.4 Å². The Balaban J connectivity index is 0.905. The molecule has 2 N–H and O–H groups in total. The highest BCUT2D eigenvalue weighted by molar-refractivity contribution is 6.71. The number of benzene rings is 7. The number of nitrogens with zero attached hydrogens (tertiary/aromatic N) is 6. The second-order valence-electron chi connectivity index (χ2n) is 19.1. The van der Waals surface area contributed by atoms with Gasteiger partial charge in [-0.05, 0) is 96.0 Å². The predicted octanol–water partition coefficient (Wildman–Crippen LogP) is 9.73. The van der Waals surface area contributed by atoms with Crippen molar-refractivity contribution in [2.24, 2.45) is 5.92 Å². The van der Waals surface area contributed by atoms with Crippen molar-refractivity contribution in [3.63, 3.8) is 0 Å². The van der Waals surface area contributed by atoms with Crippen molar-refractivity contribution in [1.82, 2.24) is 15.0 Å². The Hall–Kier alpha value is -7.29. The Morgan fingerprint density at radius 1 is 0.721 bits per heavy atom. The molecule has 7 aromatic carbocycles. The first-order valence-corrected chi connectivity index (χ1v) is 26.2. The summed E-state index contributed by atoms with van der Waals surface area (Å²) in [6.45, 7) is 6.32. The monoisotopic (exact) mass is 916 g/mol. The fourth-order valence-electron chi connectivity index (χ4n) is 11.8. The van der Waals surface area contributed by atoms with Crippen LogP contribution < -0.4 is 14.7 Å². The van der Waals surface area contributed by atoms with Crippen LogP contribution in [-0.4, -0.2) is 63.6 Å². The minimum absolute atomic E-state index is 0.0839. The summed E-state index contributed by atoms with van der Waals surface area (Å²) in [4.78, 5) is 61.2. The molecule has 1 saturated heterocycles. The fraction of sp³-hybridized carbons (Fsp3) is 0.218. The van der Waals surface area contributed by atoms with E-state index in [1.165, 1.54) is 0 Å². The number of amides is 3. The molecule has 3 amide bonds. The maximum absolute atomic E-state index is 15.7. The third kappa shape index (κ3) is 6.26. The van der Waals surface area contributed by atoms with Crippen molar-refractivity contribution in [2.45, 2.75) is 62.7 Å². The minimum Gasteiger partial charge on any atom is -0.432 e. The predicted molar refractivity (Wildman–Crippen MR) is 264 cm³/mol. The van der Waals surface area contributed by atoms with Gasteiger partial charge in [-0.2, -0.15) is 0 Å². The van der Waals surface area contributed by atoms with Gasteiger partial charge in [0.1, 0.15) is 0 Å². The Morgan fingerprint density at radius 3 is 1.94 bits per heavy atom. The van der Waals surface area contributed by atoms with Crippen LogP contribution in [0.15, 0.2) is 152 Å². The molecule has 4 aliphatic heterocycles. The van der Waals surface area contributed by atoms with Crippen molar-refractivity contribution in [3.8, 4) is 0 Å². The molecule has 8 aromatic rings. The number of hydrogen-bond donors (Lipinski definition) is 2. The number of carbonyl (C=O) groups excluding carboxylic acids is 3. The lowest BCUT2D eigenvalue weighted by molar-refractivity contribution is -0.146. The number of aliphatic hydroxyl groups is 1. The van der Waals surface area contributed by atoms with Crippen molar-refractivity contribution in [2.75, 3.05) is 21.3 Å². The zero-order chi connectivity index (χ0) is 46.6. The average molecular weight is 917 g/mol. The van der Waals surface area contributed by atoms with Gasteiger partial charge in [0.25, 0.3) is 17.7 Å². The number of aryl methyl sites for hydroxylation is 1. The van der Waals surface area contributed by atoms with Gasteiger partial charge in [0, 0.05) is 51.9 Å². The third-order valence-corrected chi connectivity index (χ3v) is 17.3. The van der Waals surface area contributed by atoms with Gasteiger partial charge in [-0.1, -0.05) is 103 Å². The summed E-state index contributed by atoms with van der Waals surface area (Å²) in [7, 11) is -3.05. The summed E-state index contributed by atoms with van der Waals surface area (Å²) < 4.78 is 9.03. The number of carbonyl (C=O) groups is 3. The lowest BCUT2D eigenvalue weighted by Gasteiger charge is -2.32. The summed E-state index contributed by atoms with van der Waals surface area (Å²) in [5, 5.41) is 23.0. The van der Waals surface area contributed by atoms with Crippen LogP contribution in [0.2, 0.25) is 18.6 Å². The Bertz CT molecular complexity index is 3360. The zero-order valence-electron chi connectivity index (χ0n) is 37.8. The highest BCUT2D eigenvalue weighted by Gasteiger charge is 2.66. The van der Waals surface area contributed by atoms with E-state index in [9.17, 15) is 19.5 Å². The molecule has 12 rings (SSSR count). The van der Waals surface area contributed by atoms with E-state index in [2.05, 4.69) is 10.3 Å². The van der Waals surface area contributed by atoms with Crippen molar-refractivity contribution < 1.29 is 29.0 Å². The fourth-order valence-corrected chi connectivity index (χ4v) is 14.4. The van der Waals surface area contributed by atoms with E-state index in [4.69, 9.17) is 4.74 Å². The molecular weight excluding hydrogens is 869 g/mol. The normalized spacial score (nSPS) is 21.0. The Kier molecular flexibility index (Phi) is 9.68. The first kappa shape index (κ1) is 42.1. The molecule has 4 aliphatic rings. The molecule has 1 spiro atoms. The lowest BCUT2D eigenvalue weighted by atomic mass is 9.82. The largest absolute Gasteiger partial charge is 0.432 e. The number of fused-ring (bicyclic) bond motifs is 2. The highest BCUT2D eigenvalue weighted by atomic mass is 28.4. The lowest BCUT2D eigenvalue weighted by Crippen LogP contribution is -2.46. The second kappa shape index (κ2) is 15.6. The van der Waals surface area contributed by atoms with Crippen LogP contribution in [0.1, 0.15) is 62.4 Å². The van der Waals surface area contributed by atoms with Gasteiger partial charge in [-0.15, -0.1) is 5.10 Å². The molecule has 12 nitrogen and oxygen atoms in total. The molecule has 0 bridgehead atoms. The van der Waals surface area contributed by atoms with Gasteiger partial charge >= 0.3 is 0 Å². The minimum atomic E-state index is -3.05. The zero-order valence-corrected chi connectivity index (χ0v) is 38.8. The van der Waals surface area contributed by atoms with Gasteiger partial charge < -0.3 is 19.5 Å². The van der Waals surface area contributed by atoms with E-state index in [1.807, 2.05) is 172 Å².